The smallest absolute Gasteiger partial charge is 0.149 e. The number of Topliss-reactive ketones (excluding diaryl/α,β-unsaturated/α-hetero) is 1. The third kappa shape index (κ3) is 3.33. The molecule has 2 heterocycles. The normalized spacial score (nSPS) is 25.8. The van der Waals surface area contributed by atoms with E-state index in [4.69, 9.17) is 0 Å². The predicted molar refractivity (Wildman–Crippen MR) is 74.7 cm³/mol. The minimum Gasteiger partial charge on any atom is -0.306 e. The minimum absolute atomic E-state index is 0.184. The third-order valence-corrected chi connectivity index (χ3v) is 4.99. The lowest BCUT2D eigenvalue weighted by atomic mass is 9.71. The molecule has 0 aromatic heterocycles. The predicted octanol–water partition coefficient (Wildman–Crippen LogP) is 2.02. The van der Waals surface area contributed by atoms with Crippen molar-refractivity contribution in [2.75, 3.05) is 39.8 Å². The zero-order chi connectivity index (χ0) is 13.2. The second-order valence-corrected chi connectivity index (χ2v) is 6.70. The number of piperidine rings is 2. The van der Waals surface area contributed by atoms with Gasteiger partial charge in [0.15, 0.2) is 0 Å². The molecule has 2 saturated heterocycles. The average molecular weight is 252 g/mol. The summed E-state index contributed by atoms with van der Waals surface area (Å²) in [7, 11) is 2.23. The van der Waals surface area contributed by atoms with Crippen molar-refractivity contribution >= 4 is 5.78 Å². The van der Waals surface area contributed by atoms with Crippen molar-refractivity contribution in [1.82, 2.24) is 9.80 Å². The number of ketones is 1. The van der Waals surface area contributed by atoms with Crippen LogP contribution in [0, 0.1) is 11.3 Å². The van der Waals surface area contributed by atoms with Crippen LogP contribution in [0.1, 0.15) is 39.5 Å². The molecule has 3 nitrogen and oxygen atoms in total. The first-order valence-corrected chi connectivity index (χ1v) is 7.44. The van der Waals surface area contributed by atoms with E-state index in [0.717, 1.165) is 13.1 Å². The number of carbonyl (C=O) groups excluding carboxylic acids is 1. The number of hydrogen-bond donors (Lipinski definition) is 0. The largest absolute Gasteiger partial charge is 0.306 e. The summed E-state index contributed by atoms with van der Waals surface area (Å²) in [4.78, 5) is 16.6. The van der Waals surface area contributed by atoms with Gasteiger partial charge in [-0.3, -0.25) is 9.69 Å². The Morgan fingerprint density at radius 2 is 1.56 bits per heavy atom. The van der Waals surface area contributed by atoms with Crippen molar-refractivity contribution in [2.45, 2.75) is 39.5 Å². The molecule has 2 rings (SSSR count). The highest BCUT2D eigenvalue weighted by Crippen LogP contribution is 2.40. The average Bonchev–Trinajstić information content (AvgIpc) is 2.36. The van der Waals surface area contributed by atoms with Gasteiger partial charge in [0.1, 0.15) is 5.78 Å². The third-order valence-electron chi connectivity index (χ3n) is 4.99. The summed E-state index contributed by atoms with van der Waals surface area (Å²) in [6, 6.07) is 0. The Morgan fingerprint density at radius 1 is 1.06 bits per heavy atom. The molecule has 0 atom stereocenters. The van der Waals surface area contributed by atoms with Gasteiger partial charge in [0.25, 0.3) is 0 Å². The van der Waals surface area contributed by atoms with Gasteiger partial charge in [-0.05, 0) is 64.3 Å². The van der Waals surface area contributed by atoms with E-state index in [1.165, 1.54) is 38.8 Å². The van der Waals surface area contributed by atoms with E-state index in [1.807, 2.05) is 13.8 Å². The Balaban J connectivity index is 1.79. The maximum atomic E-state index is 11.8. The number of rotatable bonds is 3. The maximum absolute atomic E-state index is 11.8. The molecule has 1 spiro atoms. The molecule has 2 aliphatic rings. The van der Waals surface area contributed by atoms with E-state index >= 15 is 0 Å². The van der Waals surface area contributed by atoms with Crippen molar-refractivity contribution in [3.63, 3.8) is 0 Å². The quantitative estimate of drug-likeness (QED) is 0.768. The zero-order valence-corrected chi connectivity index (χ0v) is 12.2. The Kier molecular flexibility index (Phi) is 4.44. The van der Waals surface area contributed by atoms with Crippen molar-refractivity contribution < 1.29 is 4.79 Å². The summed E-state index contributed by atoms with van der Waals surface area (Å²) < 4.78 is 0. The summed E-state index contributed by atoms with van der Waals surface area (Å²) >= 11 is 0. The van der Waals surface area contributed by atoms with Crippen LogP contribution in [-0.4, -0.2) is 55.4 Å². The van der Waals surface area contributed by atoms with Crippen LogP contribution in [0.25, 0.3) is 0 Å². The SMILES string of the molecule is CC(C)C(=O)CN1CCC2(CCN(C)CC2)CC1. The molecule has 0 saturated carbocycles. The van der Waals surface area contributed by atoms with Crippen molar-refractivity contribution in [3.05, 3.63) is 0 Å². The highest BCUT2D eigenvalue weighted by molar-refractivity contribution is 5.82. The van der Waals surface area contributed by atoms with Gasteiger partial charge in [0.2, 0.25) is 0 Å². The lowest BCUT2D eigenvalue weighted by molar-refractivity contribution is -0.123. The Labute approximate surface area is 112 Å². The second kappa shape index (κ2) is 5.70. The summed E-state index contributed by atoms with van der Waals surface area (Å²) in [6.45, 7) is 9.45. The molecule has 0 N–H and O–H groups in total. The lowest BCUT2D eigenvalue weighted by Crippen LogP contribution is -2.47. The van der Waals surface area contributed by atoms with Crippen LogP contribution in [0.3, 0.4) is 0 Å². The van der Waals surface area contributed by atoms with E-state index in [1.54, 1.807) is 0 Å². The zero-order valence-electron chi connectivity index (χ0n) is 12.2. The highest BCUT2D eigenvalue weighted by atomic mass is 16.1. The second-order valence-electron chi connectivity index (χ2n) is 6.70. The topological polar surface area (TPSA) is 23.6 Å². The van der Waals surface area contributed by atoms with Crippen LogP contribution in [-0.2, 0) is 4.79 Å². The number of carbonyl (C=O) groups is 1. The summed E-state index contributed by atoms with van der Waals surface area (Å²) in [5, 5.41) is 0. The fraction of sp³-hybridized carbons (Fsp3) is 0.933. The fourth-order valence-electron chi connectivity index (χ4n) is 3.18. The standard InChI is InChI=1S/C15H28N2O/c1-13(2)14(18)12-17-10-6-15(7-11-17)4-8-16(3)9-5-15/h13H,4-12H2,1-3H3. The molecule has 18 heavy (non-hydrogen) atoms. The minimum atomic E-state index is 0.184. The number of likely N-dealkylation sites (tertiary alicyclic amines) is 2. The van der Waals surface area contributed by atoms with E-state index in [0.29, 0.717) is 17.7 Å². The van der Waals surface area contributed by atoms with E-state index in [2.05, 4.69) is 16.8 Å². The van der Waals surface area contributed by atoms with E-state index in [-0.39, 0.29) is 5.92 Å². The molecule has 0 amide bonds. The Bertz CT molecular complexity index is 283. The molecule has 0 aromatic carbocycles. The first kappa shape index (κ1) is 14.0. The highest BCUT2D eigenvalue weighted by Gasteiger charge is 2.36. The van der Waals surface area contributed by atoms with Gasteiger partial charge in [-0.1, -0.05) is 13.8 Å². The molecule has 104 valence electrons. The lowest BCUT2D eigenvalue weighted by Gasteiger charge is -2.46. The molecule has 2 fully saturated rings. The molecule has 2 aliphatic heterocycles. The van der Waals surface area contributed by atoms with Gasteiger partial charge in [-0.2, -0.15) is 0 Å². The first-order chi connectivity index (χ1) is 8.51. The molecule has 0 aliphatic carbocycles. The van der Waals surface area contributed by atoms with Crippen molar-refractivity contribution in [1.29, 1.82) is 0 Å². The van der Waals surface area contributed by atoms with Gasteiger partial charge >= 0.3 is 0 Å². The van der Waals surface area contributed by atoms with Gasteiger partial charge in [0.05, 0.1) is 6.54 Å². The van der Waals surface area contributed by atoms with Crippen LogP contribution in [0.15, 0.2) is 0 Å². The van der Waals surface area contributed by atoms with Crippen LogP contribution in [0.4, 0.5) is 0 Å². The molecule has 0 unspecified atom stereocenters. The summed E-state index contributed by atoms with van der Waals surface area (Å²) in [6.07, 6.45) is 5.31. The van der Waals surface area contributed by atoms with E-state index in [9.17, 15) is 4.79 Å². The molecule has 0 aromatic rings. The van der Waals surface area contributed by atoms with Gasteiger partial charge in [-0.25, -0.2) is 0 Å². The first-order valence-electron chi connectivity index (χ1n) is 7.44. The molecule has 3 heteroatoms. The molecular weight excluding hydrogens is 224 g/mol. The number of hydrogen-bond acceptors (Lipinski definition) is 3. The monoisotopic (exact) mass is 252 g/mol. The molecule has 0 bridgehead atoms. The molecule has 0 radical (unpaired) electrons. The molecular formula is C15H28N2O. The number of nitrogens with zero attached hydrogens (tertiary/aromatic N) is 2. The summed E-state index contributed by atoms with van der Waals surface area (Å²) in [5.74, 6) is 0.582. The van der Waals surface area contributed by atoms with Gasteiger partial charge < -0.3 is 4.90 Å². The van der Waals surface area contributed by atoms with Crippen LogP contribution in [0.5, 0.6) is 0 Å². The van der Waals surface area contributed by atoms with Crippen molar-refractivity contribution in [3.8, 4) is 0 Å². The van der Waals surface area contributed by atoms with Crippen LogP contribution >= 0.6 is 0 Å². The maximum Gasteiger partial charge on any atom is 0.149 e. The van der Waals surface area contributed by atoms with Gasteiger partial charge in [0, 0.05) is 5.92 Å². The van der Waals surface area contributed by atoms with Crippen LogP contribution < -0.4 is 0 Å². The van der Waals surface area contributed by atoms with E-state index < -0.39 is 0 Å². The van der Waals surface area contributed by atoms with Gasteiger partial charge in [-0.15, -0.1) is 0 Å². The van der Waals surface area contributed by atoms with Crippen LogP contribution in [0.2, 0.25) is 0 Å². The fourth-order valence-corrected chi connectivity index (χ4v) is 3.18. The van der Waals surface area contributed by atoms with Crippen molar-refractivity contribution in [2.24, 2.45) is 11.3 Å². The Hall–Kier alpha value is -0.410. The summed E-state index contributed by atoms with van der Waals surface area (Å²) in [5.41, 5.74) is 0.601. The Morgan fingerprint density at radius 3 is 2.06 bits per heavy atom.